The van der Waals surface area contributed by atoms with E-state index in [9.17, 15) is 18.0 Å². The minimum absolute atomic E-state index is 0.230. The Balaban J connectivity index is 2.64. The third-order valence-electron chi connectivity index (χ3n) is 3.17. The van der Waals surface area contributed by atoms with Gasteiger partial charge in [-0.15, -0.1) is 0 Å². The van der Waals surface area contributed by atoms with Gasteiger partial charge in [0.25, 0.3) is 0 Å². The third-order valence-corrected chi connectivity index (χ3v) is 3.17. The summed E-state index contributed by atoms with van der Waals surface area (Å²) in [6.45, 7) is 1.70. The number of halogens is 3. The lowest BCUT2D eigenvalue weighted by Gasteiger charge is -2.41. The van der Waals surface area contributed by atoms with Crippen LogP contribution in [-0.4, -0.2) is 40.8 Å². The van der Waals surface area contributed by atoms with Crippen LogP contribution in [0.1, 0.15) is 32.6 Å². The molecule has 16 heavy (non-hydrogen) atoms. The maximum Gasteiger partial charge on any atom is 0.390 e. The largest absolute Gasteiger partial charge is 0.480 e. The average Bonchev–Trinajstić information content (AvgIpc) is 2.15. The molecule has 0 aromatic rings. The Labute approximate surface area is 92.2 Å². The zero-order chi connectivity index (χ0) is 12.4. The Kier molecular flexibility index (Phi) is 3.83. The van der Waals surface area contributed by atoms with Crippen molar-refractivity contribution in [1.29, 1.82) is 0 Å². The van der Waals surface area contributed by atoms with Crippen LogP contribution in [0.2, 0.25) is 0 Å². The lowest BCUT2D eigenvalue weighted by molar-refractivity contribution is -0.160. The molecule has 1 rings (SSSR count). The van der Waals surface area contributed by atoms with E-state index in [1.165, 1.54) is 11.8 Å². The summed E-state index contributed by atoms with van der Waals surface area (Å²) < 4.78 is 36.3. The van der Waals surface area contributed by atoms with Crippen molar-refractivity contribution < 1.29 is 23.1 Å². The van der Waals surface area contributed by atoms with Crippen molar-refractivity contribution >= 4 is 5.97 Å². The van der Waals surface area contributed by atoms with Gasteiger partial charge in [-0.2, -0.15) is 13.2 Å². The number of alkyl halides is 3. The van der Waals surface area contributed by atoms with Crippen molar-refractivity contribution in [2.24, 2.45) is 0 Å². The fourth-order valence-corrected chi connectivity index (χ4v) is 2.04. The van der Waals surface area contributed by atoms with Crippen LogP contribution in [0, 0.1) is 0 Å². The van der Waals surface area contributed by atoms with Gasteiger partial charge in [-0.05, 0) is 32.7 Å². The fourth-order valence-electron chi connectivity index (χ4n) is 2.04. The molecule has 1 heterocycles. The molecule has 0 spiro atoms. The van der Waals surface area contributed by atoms with Gasteiger partial charge in [0.1, 0.15) is 5.54 Å². The number of hydrogen-bond donors (Lipinski definition) is 1. The summed E-state index contributed by atoms with van der Waals surface area (Å²) in [6.07, 6.45) is -3.24. The zero-order valence-corrected chi connectivity index (χ0v) is 9.18. The molecule has 0 aromatic heterocycles. The Hall–Kier alpha value is -0.780. The molecule has 1 fully saturated rings. The number of carboxylic acid groups (broad SMARTS) is 1. The Bertz CT molecular complexity index is 267. The van der Waals surface area contributed by atoms with Crippen molar-refractivity contribution in [3.63, 3.8) is 0 Å². The highest BCUT2D eigenvalue weighted by molar-refractivity contribution is 5.78. The van der Waals surface area contributed by atoms with Gasteiger partial charge in [0.15, 0.2) is 0 Å². The average molecular weight is 239 g/mol. The molecular formula is C10H16F3NO2. The van der Waals surface area contributed by atoms with Gasteiger partial charge in [-0.1, -0.05) is 0 Å². The first-order valence-electron chi connectivity index (χ1n) is 5.31. The number of piperidine rings is 1. The SMILES string of the molecule is CC1(C(=O)O)CCCCN1CCC(F)(F)F. The van der Waals surface area contributed by atoms with E-state index in [2.05, 4.69) is 0 Å². The monoisotopic (exact) mass is 239 g/mol. The topological polar surface area (TPSA) is 40.5 Å². The van der Waals surface area contributed by atoms with E-state index in [1.54, 1.807) is 0 Å². The standard InChI is InChI=1S/C10H16F3NO2/c1-9(8(15)16)4-2-3-6-14(9)7-5-10(11,12)13/h2-7H2,1H3,(H,15,16). The van der Waals surface area contributed by atoms with Gasteiger partial charge in [0, 0.05) is 6.54 Å². The minimum Gasteiger partial charge on any atom is -0.480 e. The fraction of sp³-hybridized carbons (Fsp3) is 0.900. The first-order valence-corrected chi connectivity index (χ1v) is 5.31. The number of aliphatic carboxylic acids is 1. The number of hydrogen-bond acceptors (Lipinski definition) is 2. The highest BCUT2D eigenvalue weighted by Crippen LogP contribution is 2.30. The smallest absolute Gasteiger partial charge is 0.390 e. The summed E-state index contributed by atoms with van der Waals surface area (Å²) in [6, 6.07) is 0. The normalized spacial score (nSPS) is 28.0. The predicted octanol–water partition coefficient (Wildman–Crippen LogP) is 2.27. The van der Waals surface area contributed by atoms with E-state index in [-0.39, 0.29) is 6.54 Å². The highest BCUT2D eigenvalue weighted by Gasteiger charge is 2.42. The Morgan fingerprint density at radius 2 is 2.06 bits per heavy atom. The van der Waals surface area contributed by atoms with Crippen molar-refractivity contribution in [2.45, 2.75) is 44.3 Å². The van der Waals surface area contributed by atoms with E-state index in [0.717, 1.165) is 12.8 Å². The maximum atomic E-state index is 12.1. The molecule has 6 heteroatoms. The molecule has 0 radical (unpaired) electrons. The molecule has 1 aliphatic heterocycles. The number of rotatable bonds is 3. The molecule has 1 saturated heterocycles. The van der Waals surface area contributed by atoms with Crippen LogP contribution in [-0.2, 0) is 4.79 Å². The van der Waals surface area contributed by atoms with Gasteiger partial charge < -0.3 is 5.11 Å². The second kappa shape index (κ2) is 4.61. The summed E-state index contributed by atoms with van der Waals surface area (Å²) in [7, 11) is 0. The molecule has 0 aliphatic carbocycles. The lowest BCUT2D eigenvalue weighted by Crippen LogP contribution is -2.55. The van der Waals surface area contributed by atoms with Gasteiger partial charge in [0.2, 0.25) is 0 Å². The predicted molar refractivity (Wildman–Crippen MR) is 52.1 cm³/mol. The summed E-state index contributed by atoms with van der Waals surface area (Å²) in [5.74, 6) is -1.03. The number of carbonyl (C=O) groups is 1. The highest BCUT2D eigenvalue weighted by atomic mass is 19.4. The summed E-state index contributed by atoms with van der Waals surface area (Å²) in [5, 5.41) is 9.07. The van der Waals surface area contributed by atoms with E-state index in [0.29, 0.717) is 13.0 Å². The molecule has 1 atom stereocenters. The second-order valence-corrected chi connectivity index (χ2v) is 4.39. The molecule has 0 saturated carbocycles. The molecule has 1 unspecified atom stereocenters. The van der Waals surface area contributed by atoms with Gasteiger partial charge in [-0.25, -0.2) is 0 Å². The molecule has 94 valence electrons. The van der Waals surface area contributed by atoms with Crippen LogP contribution < -0.4 is 0 Å². The molecule has 3 nitrogen and oxygen atoms in total. The van der Waals surface area contributed by atoms with E-state index in [1.807, 2.05) is 0 Å². The first kappa shape index (κ1) is 13.3. The second-order valence-electron chi connectivity index (χ2n) is 4.39. The number of likely N-dealkylation sites (tertiary alicyclic amines) is 1. The van der Waals surface area contributed by atoms with E-state index >= 15 is 0 Å². The molecular weight excluding hydrogens is 223 g/mol. The van der Waals surface area contributed by atoms with Gasteiger partial charge in [-0.3, -0.25) is 9.69 Å². The van der Waals surface area contributed by atoms with Crippen LogP contribution in [0.3, 0.4) is 0 Å². The van der Waals surface area contributed by atoms with Crippen LogP contribution in [0.25, 0.3) is 0 Å². The van der Waals surface area contributed by atoms with Crippen LogP contribution in [0.5, 0.6) is 0 Å². The first-order chi connectivity index (χ1) is 7.26. The number of carboxylic acids is 1. The van der Waals surface area contributed by atoms with Crippen molar-refractivity contribution in [1.82, 2.24) is 4.90 Å². The Morgan fingerprint density at radius 3 is 2.56 bits per heavy atom. The molecule has 0 amide bonds. The third kappa shape index (κ3) is 3.10. The van der Waals surface area contributed by atoms with Crippen molar-refractivity contribution in [3.05, 3.63) is 0 Å². The lowest BCUT2D eigenvalue weighted by atomic mass is 9.88. The quantitative estimate of drug-likeness (QED) is 0.821. The van der Waals surface area contributed by atoms with Gasteiger partial charge >= 0.3 is 12.1 Å². The maximum absolute atomic E-state index is 12.1. The van der Waals surface area contributed by atoms with E-state index in [4.69, 9.17) is 5.11 Å². The molecule has 0 bridgehead atoms. The molecule has 1 aliphatic rings. The van der Waals surface area contributed by atoms with Crippen LogP contribution in [0.15, 0.2) is 0 Å². The summed E-state index contributed by atoms with van der Waals surface area (Å²) >= 11 is 0. The zero-order valence-electron chi connectivity index (χ0n) is 9.18. The van der Waals surface area contributed by atoms with Gasteiger partial charge in [0.05, 0.1) is 6.42 Å². The minimum atomic E-state index is -4.23. The molecule has 0 aromatic carbocycles. The number of nitrogens with zero attached hydrogens (tertiary/aromatic N) is 1. The Morgan fingerprint density at radius 1 is 1.44 bits per heavy atom. The van der Waals surface area contributed by atoms with Crippen molar-refractivity contribution in [3.8, 4) is 0 Å². The van der Waals surface area contributed by atoms with Crippen LogP contribution >= 0.6 is 0 Å². The van der Waals surface area contributed by atoms with Crippen molar-refractivity contribution in [2.75, 3.05) is 13.1 Å². The van der Waals surface area contributed by atoms with E-state index < -0.39 is 24.1 Å². The summed E-state index contributed by atoms with van der Waals surface area (Å²) in [5.41, 5.74) is -1.14. The van der Waals surface area contributed by atoms with Crippen LogP contribution in [0.4, 0.5) is 13.2 Å². The molecule has 1 N–H and O–H groups in total. The summed E-state index contributed by atoms with van der Waals surface area (Å²) in [4.78, 5) is 12.5.